The van der Waals surface area contributed by atoms with E-state index in [2.05, 4.69) is 0 Å². The lowest BCUT2D eigenvalue weighted by molar-refractivity contribution is -0.369. The highest BCUT2D eigenvalue weighted by molar-refractivity contribution is 5.79. The molecule has 0 unspecified atom stereocenters. The van der Waals surface area contributed by atoms with E-state index >= 15 is 0 Å². The number of aromatic hydroxyl groups is 1. The Hall–Kier alpha value is -4.31. The number of benzene rings is 3. The van der Waals surface area contributed by atoms with Gasteiger partial charge in [0.2, 0.25) is 12.5 Å². The van der Waals surface area contributed by atoms with E-state index in [-0.39, 0.29) is 37.3 Å². The predicted molar refractivity (Wildman–Crippen MR) is 165 cm³/mol. The van der Waals surface area contributed by atoms with Crippen molar-refractivity contribution < 1.29 is 67.5 Å². The first kappa shape index (κ1) is 31.9. The van der Waals surface area contributed by atoms with Crippen molar-refractivity contribution >= 4 is 5.97 Å². The van der Waals surface area contributed by atoms with Crippen molar-refractivity contribution in [3.8, 4) is 34.5 Å². The topological polar surface area (TPSA) is 170 Å². The lowest BCUT2D eigenvalue weighted by Gasteiger charge is -2.48. The van der Waals surface area contributed by atoms with Gasteiger partial charge in [0.25, 0.3) is 0 Å². The third kappa shape index (κ3) is 5.30. The third-order valence-corrected chi connectivity index (χ3v) is 9.98. The van der Waals surface area contributed by atoms with Crippen LogP contribution in [0.4, 0.5) is 0 Å². The van der Waals surface area contributed by atoms with Crippen LogP contribution in [0.15, 0.2) is 48.5 Å². The average molecular weight is 681 g/mol. The zero-order valence-corrected chi connectivity index (χ0v) is 26.8. The van der Waals surface area contributed by atoms with Gasteiger partial charge in [0, 0.05) is 17.4 Å². The first-order valence-corrected chi connectivity index (χ1v) is 15.9. The molecule has 0 saturated carbocycles. The fourth-order valence-corrected chi connectivity index (χ4v) is 7.54. The molecule has 0 radical (unpaired) electrons. The molecule has 49 heavy (non-hydrogen) atoms. The lowest BCUT2D eigenvalue weighted by atomic mass is 9.66. The third-order valence-electron chi connectivity index (χ3n) is 9.98. The number of ether oxygens (including phenoxy) is 10. The summed E-state index contributed by atoms with van der Waals surface area (Å²) in [4.78, 5) is 13.5. The summed E-state index contributed by atoms with van der Waals surface area (Å²) >= 11 is 0. The van der Waals surface area contributed by atoms with Crippen LogP contribution < -0.4 is 23.7 Å². The minimum absolute atomic E-state index is 0.0153. The molecule has 4 aliphatic heterocycles. The summed E-state index contributed by atoms with van der Waals surface area (Å²) in [5.74, 6) is -0.503. The monoisotopic (exact) mass is 680 g/mol. The Balaban J connectivity index is 1.12. The van der Waals surface area contributed by atoms with Gasteiger partial charge in [-0.2, -0.15) is 0 Å². The zero-order chi connectivity index (χ0) is 34.0. The van der Waals surface area contributed by atoms with Gasteiger partial charge in [0.15, 0.2) is 35.6 Å². The van der Waals surface area contributed by atoms with Crippen LogP contribution in [-0.2, 0) is 28.5 Å². The highest BCUT2D eigenvalue weighted by Gasteiger charge is 2.56. The summed E-state index contributed by atoms with van der Waals surface area (Å²) < 4.78 is 58.0. The molecule has 3 aromatic carbocycles. The van der Waals surface area contributed by atoms with Crippen LogP contribution in [0.2, 0.25) is 0 Å². The molecule has 260 valence electrons. The fourth-order valence-electron chi connectivity index (χ4n) is 7.54. The van der Waals surface area contributed by atoms with E-state index in [9.17, 15) is 20.1 Å². The SMILES string of the molecule is COc1ccc([C@@H]2OC[C@@H]3O[C@@H](O[C@@H]4c5cc6c(cc5[C@H](c5cc(OC)c(O)c(OC)c5)[C@H]5C(=O)OC[C@@H]54)OCO6)[C@@H](O)[C@@H](O)[C@@H]3O2)cc1. The Kier molecular flexibility index (Phi) is 8.17. The second-order valence-electron chi connectivity index (χ2n) is 12.5. The molecule has 4 heterocycles. The number of aliphatic hydroxyl groups excluding tert-OH is 2. The van der Waals surface area contributed by atoms with Crippen LogP contribution >= 0.6 is 0 Å². The van der Waals surface area contributed by atoms with Crippen molar-refractivity contribution in [2.75, 3.05) is 41.3 Å². The van der Waals surface area contributed by atoms with Gasteiger partial charge >= 0.3 is 5.97 Å². The molecule has 1 aliphatic carbocycles. The van der Waals surface area contributed by atoms with Crippen molar-refractivity contribution in [2.24, 2.45) is 11.8 Å². The highest BCUT2D eigenvalue weighted by Crippen LogP contribution is 2.57. The molecular weight excluding hydrogens is 644 g/mol. The molecule has 3 fully saturated rings. The van der Waals surface area contributed by atoms with E-state index in [1.54, 1.807) is 55.6 Å². The number of rotatable bonds is 7. The number of fused-ring (bicyclic) bond motifs is 4. The summed E-state index contributed by atoms with van der Waals surface area (Å²) in [7, 11) is 4.43. The lowest BCUT2D eigenvalue weighted by Crippen LogP contribution is -2.62. The Morgan fingerprint density at radius 3 is 2.14 bits per heavy atom. The van der Waals surface area contributed by atoms with E-state index in [0.29, 0.717) is 39.5 Å². The average Bonchev–Trinajstić information content (AvgIpc) is 3.75. The maximum Gasteiger partial charge on any atom is 0.310 e. The number of phenolic OH excluding ortho intramolecular Hbond substituents is 1. The van der Waals surface area contributed by atoms with E-state index in [0.717, 1.165) is 0 Å². The maximum absolute atomic E-state index is 13.5. The van der Waals surface area contributed by atoms with Crippen LogP contribution in [-0.4, -0.2) is 93.3 Å². The molecule has 8 rings (SSSR count). The number of carbonyl (C=O) groups excluding carboxylic acids is 1. The van der Waals surface area contributed by atoms with Crippen molar-refractivity contribution in [2.45, 2.75) is 49.0 Å². The highest BCUT2D eigenvalue weighted by atomic mass is 16.8. The summed E-state index contributed by atoms with van der Waals surface area (Å²) in [5.41, 5.74) is 2.68. The van der Waals surface area contributed by atoms with E-state index < -0.39 is 66.8 Å². The quantitative estimate of drug-likeness (QED) is 0.311. The minimum Gasteiger partial charge on any atom is -0.502 e. The summed E-state index contributed by atoms with van der Waals surface area (Å²) in [5, 5.41) is 33.3. The van der Waals surface area contributed by atoms with Crippen LogP contribution in [0.5, 0.6) is 34.5 Å². The van der Waals surface area contributed by atoms with Crippen LogP contribution in [0.25, 0.3) is 0 Å². The molecule has 0 aromatic heterocycles. The minimum atomic E-state index is -1.51. The molecule has 5 aliphatic rings. The Labute approximate surface area is 280 Å². The molecule has 10 atom stereocenters. The largest absolute Gasteiger partial charge is 0.502 e. The van der Waals surface area contributed by atoms with Gasteiger partial charge < -0.3 is 62.7 Å². The van der Waals surface area contributed by atoms with Gasteiger partial charge in [0.05, 0.1) is 46.6 Å². The van der Waals surface area contributed by atoms with Crippen LogP contribution in [0, 0.1) is 11.8 Å². The normalized spacial score (nSPS) is 32.8. The van der Waals surface area contributed by atoms with E-state index in [1.807, 2.05) is 0 Å². The van der Waals surface area contributed by atoms with Crippen molar-refractivity contribution in [3.05, 3.63) is 70.8 Å². The smallest absolute Gasteiger partial charge is 0.310 e. The van der Waals surface area contributed by atoms with Gasteiger partial charge in [-0.15, -0.1) is 0 Å². The molecule has 0 spiro atoms. The van der Waals surface area contributed by atoms with Crippen molar-refractivity contribution in [1.29, 1.82) is 0 Å². The van der Waals surface area contributed by atoms with Gasteiger partial charge in [0.1, 0.15) is 30.2 Å². The number of carbonyl (C=O) groups is 1. The van der Waals surface area contributed by atoms with E-state index in [1.165, 1.54) is 14.2 Å². The van der Waals surface area contributed by atoms with Crippen molar-refractivity contribution in [1.82, 2.24) is 0 Å². The second-order valence-corrected chi connectivity index (χ2v) is 12.5. The number of hydrogen-bond acceptors (Lipinski definition) is 14. The van der Waals surface area contributed by atoms with Gasteiger partial charge in [-0.3, -0.25) is 4.79 Å². The molecule has 3 aromatic rings. The van der Waals surface area contributed by atoms with E-state index in [4.69, 9.17) is 47.4 Å². The molecule has 14 heteroatoms. The standard InChI is InChI=1S/C35H36O14/c1-40-17-6-4-15(5-7-17)34-44-13-25-32(49-34)29(37)30(38)35(47-25)48-31-19-11-22-21(45-14-46-22)10-18(19)26(27-20(31)12-43-33(27)39)16-8-23(41-2)28(36)24(9-16)42-3/h4-11,20,25-27,29-32,34-38H,12-14H2,1-3H3/t20-,25-,26-,27-,29+,30-,31+,32+,34+,35-/m0/s1. The van der Waals surface area contributed by atoms with Crippen LogP contribution in [0.3, 0.4) is 0 Å². The first-order valence-electron chi connectivity index (χ1n) is 15.9. The zero-order valence-electron chi connectivity index (χ0n) is 26.8. The van der Waals surface area contributed by atoms with Gasteiger partial charge in [-0.25, -0.2) is 0 Å². The molecular formula is C35H36O14. The number of hydrogen-bond donors (Lipinski definition) is 3. The van der Waals surface area contributed by atoms with Gasteiger partial charge in [-0.1, -0.05) is 12.1 Å². The Morgan fingerprint density at radius 2 is 1.47 bits per heavy atom. The molecule has 14 nitrogen and oxygen atoms in total. The maximum atomic E-state index is 13.5. The number of methoxy groups -OCH3 is 3. The Morgan fingerprint density at radius 1 is 0.776 bits per heavy atom. The molecule has 3 saturated heterocycles. The van der Waals surface area contributed by atoms with Crippen molar-refractivity contribution in [3.63, 3.8) is 0 Å². The number of phenols is 1. The summed E-state index contributed by atoms with van der Waals surface area (Å²) in [6, 6.07) is 14.1. The first-order chi connectivity index (χ1) is 23.8. The number of esters is 1. The molecule has 0 amide bonds. The second kappa shape index (κ2) is 12.5. The molecule has 0 bridgehead atoms. The van der Waals surface area contributed by atoms with Crippen LogP contribution in [0.1, 0.15) is 40.6 Å². The molecule has 3 N–H and O–H groups in total. The summed E-state index contributed by atoms with van der Waals surface area (Å²) in [6.07, 6.45) is -7.50. The predicted octanol–water partition coefficient (Wildman–Crippen LogP) is 2.70. The van der Waals surface area contributed by atoms with Gasteiger partial charge in [-0.05, 0) is 53.1 Å². The summed E-state index contributed by atoms with van der Waals surface area (Å²) in [6.45, 7) is 0.102. The number of aliphatic hydroxyl groups is 2. The fraction of sp³-hybridized carbons (Fsp3) is 0.457. The Bertz CT molecular complexity index is 1700. The number of cyclic esters (lactones) is 1.